The highest BCUT2D eigenvalue weighted by molar-refractivity contribution is 6.00. The minimum atomic E-state index is -0.121. The van der Waals surface area contributed by atoms with Crippen LogP contribution in [0.2, 0.25) is 0 Å². The van der Waals surface area contributed by atoms with Crippen molar-refractivity contribution in [2.45, 2.75) is 51.1 Å². The van der Waals surface area contributed by atoms with Crippen molar-refractivity contribution in [3.63, 3.8) is 0 Å². The highest BCUT2D eigenvalue weighted by atomic mass is 16.5. The second-order valence-corrected chi connectivity index (χ2v) is 8.20. The molecule has 1 unspecified atom stereocenters. The molecule has 2 aromatic carbocycles. The fourth-order valence-electron chi connectivity index (χ4n) is 4.83. The Bertz CT molecular complexity index is 1020. The van der Waals surface area contributed by atoms with E-state index >= 15 is 0 Å². The average Bonchev–Trinajstić information content (AvgIpc) is 3.51. The van der Waals surface area contributed by atoms with Gasteiger partial charge in [-0.25, -0.2) is 0 Å². The Kier molecular flexibility index (Phi) is 5.03. The molecule has 0 bridgehead atoms. The molecule has 5 rings (SSSR count). The standard InChI is InChI=1S/C25H27N3O2/c1-2-16-30-20-14-12-18(13-15-20)24-21-22(17-8-4-3-5-9-17)26-27-23(21)25(29)28(24)19-10-6-7-11-19/h3-5,8-9,12-15,19,24H,2,6-7,10-11,16H2,1H3,(H,26,27). The number of nitrogens with zero attached hydrogens (tertiary/aromatic N) is 2. The molecule has 0 saturated heterocycles. The molecule has 5 nitrogen and oxygen atoms in total. The minimum absolute atomic E-state index is 0.0721. The lowest BCUT2D eigenvalue weighted by Crippen LogP contribution is -2.37. The van der Waals surface area contributed by atoms with Crippen LogP contribution in [0.25, 0.3) is 11.3 Å². The third kappa shape index (κ3) is 3.18. The van der Waals surface area contributed by atoms with Gasteiger partial charge in [-0.15, -0.1) is 0 Å². The first-order valence-electron chi connectivity index (χ1n) is 11.0. The Hall–Kier alpha value is -3.08. The average molecular weight is 402 g/mol. The zero-order valence-corrected chi connectivity index (χ0v) is 17.3. The molecule has 30 heavy (non-hydrogen) atoms. The summed E-state index contributed by atoms with van der Waals surface area (Å²) in [5.41, 5.74) is 4.65. The number of nitrogens with one attached hydrogen (secondary N) is 1. The predicted octanol–water partition coefficient (Wildman–Crippen LogP) is 5.35. The maximum atomic E-state index is 13.5. The highest BCUT2D eigenvalue weighted by Gasteiger charge is 2.45. The Morgan fingerprint density at radius 2 is 1.80 bits per heavy atom. The molecule has 0 spiro atoms. The van der Waals surface area contributed by atoms with E-state index in [1.54, 1.807) is 0 Å². The van der Waals surface area contributed by atoms with E-state index in [4.69, 9.17) is 4.74 Å². The molecule has 1 fully saturated rings. The molecular formula is C25H27N3O2. The lowest BCUT2D eigenvalue weighted by atomic mass is 9.95. The van der Waals surface area contributed by atoms with Gasteiger partial charge >= 0.3 is 0 Å². The molecule has 0 radical (unpaired) electrons. The summed E-state index contributed by atoms with van der Waals surface area (Å²) in [5.74, 6) is 0.941. The van der Waals surface area contributed by atoms with Crippen molar-refractivity contribution in [3.05, 3.63) is 71.4 Å². The molecule has 1 atom stereocenters. The van der Waals surface area contributed by atoms with Crippen LogP contribution in [0.3, 0.4) is 0 Å². The molecule has 154 valence electrons. The molecule has 1 N–H and O–H groups in total. The van der Waals surface area contributed by atoms with Crippen molar-refractivity contribution >= 4 is 5.91 Å². The maximum Gasteiger partial charge on any atom is 0.273 e. The second-order valence-electron chi connectivity index (χ2n) is 8.20. The number of carbonyl (C=O) groups excluding carboxylic acids is 1. The summed E-state index contributed by atoms with van der Waals surface area (Å²) in [6.07, 6.45) is 5.48. The van der Waals surface area contributed by atoms with Gasteiger partial charge in [0.15, 0.2) is 0 Å². The third-order valence-electron chi connectivity index (χ3n) is 6.24. The van der Waals surface area contributed by atoms with Gasteiger partial charge in [-0.05, 0) is 37.0 Å². The van der Waals surface area contributed by atoms with Crippen LogP contribution >= 0.6 is 0 Å². The molecule has 2 heterocycles. The Morgan fingerprint density at radius 1 is 1.07 bits per heavy atom. The van der Waals surface area contributed by atoms with Crippen LogP contribution in [-0.2, 0) is 0 Å². The smallest absolute Gasteiger partial charge is 0.273 e. The number of ether oxygens (including phenoxy) is 1. The van der Waals surface area contributed by atoms with Gasteiger partial charge < -0.3 is 9.64 Å². The molecule has 1 saturated carbocycles. The van der Waals surface area contributed by atoms with Crippen molar-refractivity contribution in [2.75, 3.05) is 6.61 Å². The second kappa shape index (κ2) is 7.98. The molecule has 1 aliphatic carbocycles. The van der Waals surface area contributed by atoms with Crippen molar-refractivity contribution in [1.82, 2.24) is 15.1 Å². The van der Waals surface area contributed by atoms with Crippen LogP contribution in [0, 0.1) is 0 Å². The number of fused-ring (bicyclic) bond motifs is 1. The number of aromatic amines is 1. The highest BCUT2D eigenvalue weighted by Crippen LogP contribution is 2.46. The van der Waals surface area contributed by atoms with Crippen molar-refractivity contribution in [1.29, 1.82) is 0 Å². The van der Waals surface area contributed by atoms with E-state index in [1.165, 1.54) is 12.8 Å². The van der Waals surface area contributed by atoms with Crippen molar-refractivity contribution in [2.24, 2.45) is 0 Å². The molecule has 1 amide bonds. The number of rotatable bonds is 6. The summed E-state index contributed by atoms with van der Waals surface area (Å²) in [7, 11) is 0. The topological polar surface area (TPSA) is 58.2 Å². The number of benzene rings is 2. The summed E-state index contributed by atoms with van der Waals surface area (Å²) in [6.45, 7) is 2.81. The first-order valence-corrected chi connectivity index (χ1v) is 11.0. The van der Waals surface area contributed by atoms with Crippen LogP contribution in [0.5, 0.6) is 5.75 Å². The van der Waals surface area contributed by atoms with E-state index < -0.39 is 0 Å². The first kappa shape index (κ1) is 18.9. The van der Waals surface area contributed by atoms with Gasteiger partial charge in [0.2, 0.25) is 0 Å². The van der Waals surface area contributed by atoms with E-state index in [0.29, 0.717) is 12.3 Å². The largest absolute Gasteiger partial charge is 0.494 e. The van der Waals surface area contributed by atoms with Gasteiger partial charge in [-0.2, -0.15) is 5.10 Å². The quantitative estimate of drug-likeness (QED) is 0.605. The summed E-state index contributed by atoms with van der Waals surface area (Å²) in [4.78, 5) is 15.6. The molecule has 2 aliphatic rings. The number of amides is 1. The summed E-state index contributed by atoms with van der Waals surface area (Å²) < 4.78 is 5.77. The number of H-pyrrole nitrogens is 1. The zero-order chi connectivity index (χ0) is 20.5. The molecule has 1 aliphatic heterocycles. The van der Waals surface area contributed by atoms with Crippen LogP contribution in [-0.4, -0.2) is 33.7 Å². The van der Waals surface area contributed by atoms with Gasteiger partial charge in [-0.1, -0.05) is 62.2 Å². The van der Waals surface area contributed by atoms with Gasteiger partial charge in [0.25, 0.3) is 5.91 Å². The molecular weight excluding hydrogens is 374 g/mol. The fourth-order valence-corrected chi connectivity index (χ4v) is 4.83. The molecule has 3 aromatic rings. The SMILES string of the molecule is CCCOc1ccc(C2c3c(-c4ccccc4)n[nH]c3C(=O)N2C2CCCC2)cc1. The number of carbonyl (C=O) groups is 1. The van der Waals surface area contributed by atoms with E-state index in [0.717, 1.165) is 47.4 Å². The summed E-state index contributed by atoms with van der Waals surface area (Å²) >= 11 is 0. The molecule has 5 heteroatoms. The number of aromatic nitrogens is 2. The lowest BCUT2D eigenvalue weighted by Gasteiger charge is -2.32. The maximum absolute atomic E-state index is 13.5. The van der Waals surface area contributed by atoms with E-state index in [2.05, 4.69) is 46.3 Å². The third-order valence-corrected chi connectivity index (χ3v) is 6.24. The van der Waals surface area contributed by atoms with Gasteiger partial charge in [-0.3, -0.25) is 9.89 Å². The Morgan fingerprint density at radius 3 is 2.50 bits per heavy atom. The van der Waals surface area contributed by atoms with E-state index in [1.807, 2.05) is 30.3 Å². The molecule has 1 aromatic heterocycles. The summed E-state index contributed by atoms with van der Waals surface area (Å²) in [6, 6.07) is 18.5. The van der Waals surface area contributed by atoms with Crippen LogP contribution in [0.15, 0.2) is 54.6 Å². The summed E-state index contributed by atoms with van der Waals surface area (Å²) in [5, 5.41) is 7.62. The van der Waals surface area contributed by atoms with Crippen molar-refractivity contribution < 1.29 is 9.53 Å². The number of hydrogen-bond donors (Lipinski definition) is 1. The minimum Gasteiger partial charge on any atom is -0.494 e. The van der Waals surface area contributed by atoms with E-state index in [-0.39, 0.29) is 18.0 Å². The van der Waals surface area contributed by atoms with E-state index in [9.17, 15) is 4.79 Å². The van der Waals surface area contributed by atoms with Crippen molar-refractivity contribution in [3.8, 4) is 17.0 Å². The Balaban J connectivity index is 1.59. The first-order chi connectivity index (χ1) is 14.8. The van der Waals surface area contributed by atoms with Crippen LogP contribution < -0.4 is 4.74 Å². The van der Waals surface area contributed by atoms with Crippen LogP contribution in [0.4, 0.5) is 0 Å². The van der Waals surface area contributed by atoms with Gasteiger partial charge in [0, 0.05) is 17.2 Å². The predicted molar refractivity (Wildman–Crippen MR) is 117 cm³/mol. The zero-order valence-electron chi connectivity index (χ0n) is 17.3. The fraction of sp³-hybridized carbons (Fsp3) is 0.360. The van der Waals surface area contributed by atoms with Crippen LogP contribution in [0.1, 0.15) is 66.7 Å². The number of hydrogen-bond acceptors (Lipinski definition) is 3. The lowest BCUT2D eigenvalue weighted by molar-refractivity contribution is 0.0660. The normalized spacial score (nSPS) is 18.8. The Labute approximate surface area is 177 Å². The van der Waals surface area contributed by atoms with Gasteiger partial charge in [0.1, 0.15) is 11.4 Å². The van der Waals surface area contributed by atoms with Gasteiger partial charge in [0.05, 0.1) is 18.3 Å². The monoisotopic (exact) mass is 401 g/mol.